The predicted molar refractivity (Wildman–Crippen MR) is 129 cm³/mol. The number of hydrogen-bond acceptors (Lipinski definition) is 6. The van der Waals surface area contributed by atoms with Crippen LogP contribution >= 0.6 is 0 Å². The molecule has 3 aromatic heterocycles. The molecule has 2 aromatic carbocycles. The van der Waals surface area contributed by atoms with E-state index in [0.29, 0.717) is 28.2 Å². The first-order valence-corrected chi connectivity index (χ1v) is 11.7. The molecular weight excluding hydrogens is 487 g/mol. The number of rotatable bonds is 10. The minimum atomic E-state index is -4.75. The highest BCUT2D eigenvalue weighted by Gasteiger charge is 2.31. The highest BCUT2D eigenvalue weighted by Crippen LogP contribution is 2.30. The first kappa shape index (κ1) is 24.4. The number of nitrogens with zero attached hydrogens (tertiary/aromatic N) is 4. The third-order valence-corrected chi connectivity index (χ3v) is 5.86. The zero-order valence-corrected chi connectivity index (χ0v) is 20.0. The molecule has 11 heteroatoms. The summed E-state index contributed by atoms with van der Waals surface area (Å²) in [5.41, 5.74) is 4.19. The summed E-state index contributed by atoms with van der Waals surface area (Å²) in [5, 5.41) is 8.33. The Morgan fingerprint density at radius 3 is 2.70 bits per heavy atom. The number of alkyl halides is 3. The van der Waals surface area contributed by atoms with Gasteiger partial charge in [0.2, 0.25) is 5.89 Å². The molecule has 37 heavy (non-hydrogen) atoms. The molecule has 0 unspecified atom stereocenters. The second kappa shape index (κ2) is 10.4. The fraction of sp³-hybridized carbons (Fsp3) is 0.269. The normalized spacial score (nSPS) is 11.8. The zero-order chi connectivity index (χ0) is 25.8. The van der Waals surface area contributed by atoms with Gasteiger partial charge < -0.3 is 18.9 Å². The number of aromatic amines is 1. The lowest BCUT2D eigenvalue weighted by Gasteiger charge is -2.09. The Hall–Kier alpha value is -4.28. The van der Waals surface area contributed by atoms with Crippen molar-refractivity contribution in [1.29, 1.82) is 0 Å². The van der Waals surface area contributed by atoms with Gasteiger partial charge in [-0.2, -0.15) is 0 Å². The fourth-order valence-corrected chi connectivity index (χ4v) is 4.06. The molecule has 1 N–H and O–H groups in total. The molecule has 0 spiro atoms. The van der Waals surface area contributed by atoms with Gasteiger partial charge in [-0.3, -0.25) is 4.68 Å². The van der Waals surface area contributed by atoms with Crippen LogP contribution in [0, 0.1) is 6.92 Å². The van der Waals surface area contributed by atoms with Gasteiger partial charge in [-0.05, 0) is 73.7 Å². The minimum Gasteiger partial charge on any atom is -0.487 e. The van der Waals surface area contributed by atoms with E-state index in [0.717, 1.165) is 37.1 Å². The second-order valence-electron chi connectivity index (χ2n) is 8.62. The molecule has 0 aliphatic heterocycles. The summed E-state index contributed by atoms with van der Waals surface area (Å²) in [6.07, 6.45) is 3.34. The van der Waals surface area contributed by atoms with Crippen molar-refractivity contribution in [3.63, 3.8) is 0 Å². The maximum absolute atomic E-state index is 12.5. The Bertz CT molecular complexity index is 1470. The van der Waals surface area contributed by atoms with E-state index in [-0.39, 0.29) is 12.4 Å². The van der Waals surface area contributed by atoms with Crippen molar-refractivity contribution in [3.05, 3.63) is 77.9 Å². The predicted octanol–water partition coefficient (Wildman–Crippen LogP) is 6.22. The van der Waals surface area contributed by atoms with E-state index in [1.807, 2.05) is 23.0 Å². The molecule has 0 amide bonds. The van der Waals surface area contributed by atoms with Crippen molar-refractivity contribution in [2.45, 2.75) is 45.7 Å². The number of unbranched alkanes of at least 4 members (excludes halogenated alkanes) is 1. The van der Waals surface area contributed by atoms with Crippen LogP contribution in [0.15, 0.2) is 65.5 Å². The maximum atomic E-state index is 12.5. The van der Waals surface area contributed by atoms with E-state index in [2.05, 4.69) is 38.0 Å². The first-order chi connectivity index (χ1) is 17.8. The van der Waals surface area contributed by atoms with Crippen LogP contribution in [0.3, 0.4) is 0 Å². The lowest BCUT2D eigenvalue weighted by Crippen LogP contribution is -2.16. The molecule has 0 aliphatic carbocycles. The number of hydrogen-bond donors (Lipinski definition) is 1. The summed E-state index contributed by atoms with van der Waals surface area (Å²) in [6, 6.07) is 11.7. The van der Waals surface area contributed by atoms with Crippen molar-refractivity contribution in [2.75, 3.05) is 0 Å². The van der Waals surface area contributed by atoms with Crippen molar-refractivity contribution in [1.82, 2.24) is 25.0 Å². The van der Waals surface area contributed by atoms with Crippen LogP contribution < -0.4 is 9.47 Å². The molecular formula is C26H24F3N5O3. The molecule has 8 nitrogen and oxygen atoms in total. The number of nitrogens with one attached hydrogen (secondary N) is 1. The summed E-state index contributed by atoms with van der Waals surface area (Å²) in [4.78, 5) is 7.53. The molecule has 0 aliphatic rings. The highest BCUT2D eigenvalue weighted by molar-refractivity contribution is 5.85. The van der Waals surface area contributed by atoms with Crippen molar-refractivity contribution in [3.8, 4) is 23.1 Å². The molecule has 192 valence electrons. The summed E-state index contributed by atoms with van der Waals surface area (Å²) >= 11 is 0. The third-order valence-electron chi connectivity index (χ3n) is 5.86. The summed E-state index contributed by atoms with van der Waals surface area (Å²) in [5.74, 6) is 0.752. The maximum Gasteiger partial charge on any atom is 0.573 e. The Morgan fingerprint density at radius 1 is 1.05 bits per heavy atom. The van der Waals surface area contributed by atoms with Gasteiger partial charge in [0.1, 0.15) is 35.8 Å². The van der Waals surface area contributed by atoms with Crippen molar-refractivity contribution >= 4 is 10.9 Å². The fourth-order valence-electron chi connectivity index (χ4n) is 4.06. The first-order valence-electron chi connectivity index (χ1n) is 11.7. The minimum absolute atomic E-state index is 0.212. The molecule has 0 saturated carbocycles. The third kappa shape index (κ3) is 6.29. The van der Waals surface area contributed by atoms with E-state index in [1.54, 1.807) is 12.3 Å². The molecule has 0 atom stereocenters. The molecule has 0 bridgehead atoms. The lowest BCUT2D eigenvalue weighted by atomic mass is 10.0. The standard InChI is InChI=1S/C26H24F3N5O3/c1-17-12-21(6-5-18(17)4-2-3-10-34-11-9-30-33-34)35-15-20-16-36-25(31-20)24-14-19-13-22(37-26(27,28)29)7-8-23(19)32-24/h5-9,11-14,16,32H,2-4,10,15H2,1H3. The smallest absolute Gasteiger partial charge is 0.487 e. The number of ether oxygens (including phenoxy) is 2. The highest BCUT2D eigenvalue weighted by atomic mass is 19.4. The topological polar surface area (TPSA) is 91.0 Å². The molecule has 0 radical (unpaired) electrons. The van der Waals surface area contributed by atoms with Gasteiger partial charge in [0.25, 0.3) is 0 Å². The van der Waals surface area contributed by atoms with Crippen LogP contribution in [-0.2, 0) is 19.6 Å². The zero-order valence-electron chi connectivity index (χ0n) is 20.0. The van der Waals surface area contributed by atoms with Gasteiger partial charge in [0, 0.05) is 23.6 Å². The van der Waals surface area contributed by atoms with Gasteiger partial charge >= 0.3 is 6.36 Å². The summed E-state index contributed by atoms with van der Waals surface area (Å²) < 4.78 is 54.7. The average Bonchev–Trinajstić information content (AvgIpc) is 3.61. The number of oxazole rings is 1. The van der Waals surface area contributed by atoms with Gasteiger partial charge in [-0.1, -0.05) is 11.3 Å². The number of aryl methyl sites for hydroxylation is 3. The Labute approximate surface area is 210 Å². The lowest BCUT2D eigenvalue weighted by molar-refractivity contribution is -0.274. The monoisotopic (exact) mass is 511 g/mol. The van der Waals surface area contributed by atoms with Crippen LogP contribution in [0.2, 0.25) is 0 Å². The largest absolute Gasteiger partial charge is 0.573 e. The van der Waals surface area contributed by atoms with E-state index < -0.39 is 6.36 Å². The van der Waals surface area contributed by atoms with Crippen molar-refractivity contribution < 1.29 is 27.1 Å². The number of fused-ring (bicyclic) bond motifs is 1. The van der Waals surface area contributed by atoms with Crippen LogP contribution in [0.1, 0.15) is 29.7 Å². The Balaban J connectivity index is 1.16. The number of aromatic nitrogens is 5. The Kier molecular flexibility index (Phi) is 6.85. The number of H-pyrrole nitrogens is 1. The summed E-state index contributed by atoms with van der Waals surface area (Å²) in [7, 11) is 0. The Morgan fingerprint density at radius 2 is 1.92 bits per heavy atom. The SMILES string of the molecule is Cc1cc(OCc2coc(-c3cc4cc(OC(F)(F)F)ccc4[nH]3)n2)ccc1CCCCn1ccnn1. The average molecular weight is 512 g/mol. The van der Waals surface area contributed by atoms with Crippen LogP contribution in [0.4, 0.5) is 13.2 Å². The van der Waals surface area contributed by atoms with E-state index in [9.17, 15) is 13.2 Å². The van der Waals surface area contributed by atoms with Crippen molar-refractivity contribution in [2.24, 2.45) is 0 Å². The number of benzene rings is 2. The van der Waals surface area contributed by atoms with E-state index >= 15 is 0 Å². The van der Waals surface area contributed by atoms with Gasteiger partial charge in [0.05, 0.1) is 6.20 Å². The quantitative estimate of drug-likeness (QED) is 0.224. The van der Waals surface area contributed by atoms with Crippen LogP contribution in [-0.4, -0.2) is 31.3 Å². The van der Waals surface area contributed by atoms with Gasteiger partial charge in [-0.15, -0.1) is 18.3 Å². The van der Waals surface area contributed by atoms with E-state index in [4.69, 9.17) is 9.15 Å². The molecule has 3 heterocycles. The van der Waals surface area contributed by atoms with Gasteiger partial charge in [-0.25, -0.2) is 4.98 Å². The van der Waals surface area contributed by atoms with Crippen LogP contribution in [0.5, 0.6) is 11.5 Å². The second-order valence-corrected chi connectivity index (χ2v) is 8.62. The molecule has 0 saturated heterocycles. The molecule has 5 rings (SSSR count). The number of halogens is 3. The molecule has 0 fully saturated rings. The molecule has 5 aromatic rings. The summed E-state index contributed by atoms with van der Waals surface area (Å²) in [6.45, 7) is 3.13. The van der Waals surface area contributed by atoms with E-state index in [1.165, 1.54) is 30.0 Å². The van der Waals surface area contributed by atoms with Crippen LogP contribution in [0.25, 0.3) is 22.5 Å². The van der Waals surface area contributed by atoms with Gasteiger partial charge in [0.15, 0.2) is 0 Å².